The first-order chi connectivity index (χ1) is 14.5. The van der Waals surface area contributed by atoms with Gasteiger partial charge in [0.25, 0.3) is 5.56 Å². The largest absolute Gasteiger partial charge is 0.490 e. The molecule has 160 valence electrons. The highest BCUT2D eigenvalue weighted by molar-refractivity contribution is 5.66. The predicted octanol–water partition coefficient (Wildman–Crippen LogP) is 3.08. The Labute approximate surface area is 177 Å². The van der Waals surface area contributed by atoms with Gasteiger partial charge in [0, 0.05) is 30.1 Å². The van der Waals surface area contributed by atoms with Crippen LogP contribution in [0.4, 0.5) is 0 Å². The Hall–Kier alpha value is -2.18. The Kier molecular flexibility index (Phi) is 4.94. The number of hydrogen-bond donors (Lipinski definition) is 1. The lowest BCUT2D eigenvalue weighted by Crippen LogP contribution is -2.60. The maximum Gasteiger partial charge on any atom is 0.253 e. The summed E-state index contributed by atoms with van der Waals surface area (Å²) in [6.07, 6.45) is 9.10. The number of rotatable bonds is 5. The van der Waals surface area contributed by atoms with Gasteiger partial charge in [-0.15, -0.1) is 0 Å². The van der Waals surface area contributed by atoms with Crippen molar-refractivity contribution in [2.45, 2.75) is 63.2 Å². The van der Waals surface area contributed by atoms with E-state index in [9.17, 15) is 9.90 Å². The number of ether oxygens (including phenoxy) is 1. The number of nitrogens with zero attached hydrogens (tertiary/aromatic N) is 3. The fraction of sp³-hybridized carbons (Fsp3) is 0.583. The van der Waals surface area contributed by atoms with Crippen LogP contribution in [-0.4, -0.2) is 51.4 Å². The zero-order valence-electron chi connectivity index (χ0n) is 17.7. The number of aliphatic hydroxyl groups is 1. The minimum Gasteiger partial charge on any atom is -0.490 e. The average Bonchev–Trinajstić information content (AvgIpc) is 3.42. The Morgan fingerprint density at radius 2 is 1.97 bits per heavy atom. The van der Waals surface area contributed by atoms with Gasteiger partial charge in [-0.1, -0.05) is 25.0 Å². The van der Waals surface area contributed by atoms with E-state index in [-0.39, 0.29) is 17.1 Å². The second-order valence-electron chi connectivity index (χ2n) is 9.56. The maximum absolute atomic E-state index is 13.0. The number of piperidine rings is 1. The fourth-order valence-electron chi connectivity index (χ4n) is 5.43. The van der Waals surface area contributed by atoms with Crippen molar-refractivity contribution in [2.75, 3.05) is 20.1 Å². The van der Waals surface area contributed by atoms with E-state index in [1.54, 1.807) is 17.0 Å². The summed E-state index contributed by atoms with van der Waals surface area (Å²) in [5.74, 6) is 0.781. The normalized spacial score (nSPS) is 26.2. The maximum atomic E-state index is 13.0. The van der Waals surface area contributed by atoms with E-state index in [1.807, 2.05) is 24.3 Å². The molecular formula is C24H31N3O3. The van der Waals surface area contributed by atoms with Crippen LogP contribution in [0.2, 0.25) is 0 Å². The Morgan fingerprint density at radius 3 is 2.70 bits per heavy atom. The summed E-state index contributed by atoms with van der Waals surface area (Å²) in [6.45, 7) is 2.06. The predicted molar refractivity (Wildman–Crippen MR) is 116 cm³/mol. The molecule has 2 aromatic rings. The van der Waals surface area contributed by atoms with Gasteiger partial charge in [-0.3, -0.25) is 9.36 Å². The molecule has 6 heteroatoms. The molecule has 1 atom stereocenters. The van der Waals surface area contributed by atoms with Gasteiger partial charge >= 0.3 is 0 Å². The SMILES string of the molecule is CN1CCC(O)(Cn2cnc(-c3ccccc3OC3CC3)cc2=O)C2(CCCC2)C1. The van der Waals surface area contributed by atoms with Gasteiger partial charge < -0.3 is 14.7 Å². The molecule has 5 rings (SSSR count). The molecule has 2 aliphatic carbocycles. The molecule has 6 nitrogen and oxygen atoms in total. The summed E-state index contributed by atoms with van der Waals surface area (Å²) in [5.41, 5.74) is 0.359. The lowest BCUT2D eigenvalue weighted by Gasteiger charge is -2.51. The summed E-state index contributed by atoms with van der Waals surface area (Å²) in [5, 5.41) is 11.7. The van der Waals surface area contributed by atoms with Crippen LogP contribution in [-0.2, 0) is 6.54 Å². The molecule has 1 spiro atoms. The van der Waals surface area contributed by atoms with E-state index < -0.39 is 5.60 Å². The van der Waals surface area contributed by atoms with Crippen molar-refractivity contribution in [3.8, 4) is 17.0 Å². The number of benzene rings is 1. The molecular weight excluding hydrogens is 378 g/mol. The third-order valence-corrected chi connectivity index (χ3v) is 7.32. The summed E-state index contributed by atoms with van der Waals surface area (Å²) < 4.78 is 7.59. The van der Waals surface area contributed by atoms with Crippen LogP contribution in [0.25, 0.3) is 11.3 Å². The van der Waals surface area contributed by atoms with E-state index in [0.717, 1.165) is 62.9 Å². The van der Waals surface area contributed by atoms with Crippen LogP contribution in [0.15, 0.2) is 41.5 Å². The van der Waals surface area contributed by atoms with Crippen LogP contribution < -0.4 is 10.3 Å². The van der Waals surface area contributed by atoms with Crippen molar-refractivity contribution >= 4 is 0 Å². The third-order valence-electron chi connectivity index (χ3n) is 7.32. The highest BCUT2D eigenvalue weighted by atomic mass is 16.5. The van der Waals surface area contributed by atoms with Crippen LogP contribution in [0.3, 0.4) is 0 Å². The minimum absolute atomic E-state index is 0.122. The first-order valence-corrected chi connectivity index (χ1v) is 11.2. The van der Waals surface area contributed by atoms with Crippen LogP contribution >= 0.6 is 0 Å². The smallest absolute Gasteiger partial charge is 0.253 e. The molecule has 1 unspecified atom stereocenters. The summed E-state index contributed by atoms with van der Waals surface area (Å²) in [7, 11) is 2.13. The zero-order valence-corrected chi connectivity index (χ0v) is 17.7. The molecule has 1 N–H and O–H groups in total. The summed E-state index contributed by atoms with van der Waals surface area (Å²) >= 11 is 0. The van der Waals surface area contributed by atoms with Crippen molar-refractivity contribution in [1.29, 1.82) is 0 Å². The van der Waals surface area contributed by atoms with E-state index in [1.165, 1.54) is 0 Å². The number of aromatic nitrogens is 2. The Bertz CT molecular complexity index is 978. The number of para-hydroxylation sites is 1. The molecule has 30 heavy (non-hydrogen) atoms. The molecule has 0 amide bonds. The van der Waals surface area contributed by atoms with Gasteiger partial charge in [-0.2, -0.15) is 0 Å². The fourth-order valence-corrected chi connectivity index (χ4v) is 5.43. The molecule has 1 aliphatic heterocycles. The summed E-state index contributed by atoms with van der Waals surface area (Å²) in [4.78, 5) is 19.9. The second kappa shape index (κ2) is 7.50. The van der Waals surface area contributed by atoms with Crippen molar-refractivity contribution in [2.24, 2.45) is 5.41 Å². The van der Waals surface area contributed by atoms with Gasteiger partial charge in [0.05, 0.1) is 30.3 Å². The molecule has 2 saturated carbocycles. The molecule has 3 aliphatic rings. The third kappa shape index (κ3) is 3.56. The van der Waals surface area contributed by atoms with E-state index >= 15 is 0 Å². The second-order valence-corrected chi connectivity index (χ2v) is 9.56. The lowest BCUT2D eigenvalue weighted by atomic mass is 9.66. The molecule has 1 aromatic carbocycles. The Morgan fingerprint density at radius 1 is 1.20 bits per heavy atom. The van der Waals surface area contributed by atoms with E-state index in [4.69, 9.17) is 4.74 Å². The molecule has 0 bridgehead atoms. The van der Waals surface area contributed by atoms with Crippen LogP contribution in [0.5, 0.6) is 5.75 Å². The van der Waals surface area contributed by atoms with Crippen molar-refractivity contribution < 1.29 is 9.84 Å². The van der Waals surface area contributed by atoms with Gasteiger partial charge in [0.1, 0.15) is 5.75 Å². The van der Waals surface area contributed by atoms with Gasteiger partial charge in [-0.25, -0.2) is 4.98 Å². The van der Waals surface area contributed by atoms with Crippen molar-refractivity contribution in [3.63, 3.8) is 0 Å². The van der Waals surface area contributed by atoms with Gasteiger partial charge in [0.2, 0.25) is 0 Å². The first-order valence-electron chi connectivity index (χ1n) is 11.2. The molecule has 2 heterocycles. The monoisotopic (exact) mass is 409 g/mol. The Balaban J connectivity index is 1.42. The standard InChI is InChI=1S/C24H31N3O3/c1-26-13-12-24(29,23(15-26)10-4-5-11-23)16-27-17-25-20(14-22(27)28)19-6-2-3-7-21(19)30-18-8-9-18/h2-3,6-7,14,17-18,29H,4-5,8-13,15-16H2,1H3. The quantitative estimate of drug-likeness (QED) is 0.822. The molecule has 1 saturated heterocycles. The molecule has 3 fully saturated rings. The summed E-state index contributed by atoms with van der Waals surface area (Å²) in [6, 6.07) is 9.34. The van der Waals surface area contributed by atoms with Gasteiger partial charge in [0.15, 0.2) is 0 Å². The first kappa shape index (κ1) is 19.8. The van der Waals surface area contributed by atoms with Gasteiger partial charge in [-0.05, 0) is 51.3 Å². The topological polar surface area (TPSA) is 67.6 Å². The van der Waals surface area contributed by atoms with Crippen LogP contribution in [0, 0.1) is 5.41 Å². The number of hydrogen-bond acceptors (Lipinski definition) is 5. The van der Waals surface area contributed by atoms with Crippen molar-refractivity contribution in [3.05, 3.63) is 47.0 Å². The minimum atomic E-state index is -0.865. The average molecular weight is 410 g/mol. The molecule has 0 radical (unpaired) electrons. The van der Waals surface area contributed by atoms with Crippen LogP contribution in [0.1, 0.15) is 44.9 Å². The van der Waals surface area contributed by atoms with E-state index in [2.05, 4.69) is 16.9 Å². The van der Waals surface area contributed by atoms with E-state index in [0.29, 0.717) is 18.7 Å². The highest BCUT2D eigenvalue weighted by Gasteiger charge is 2.54. The molecule has 1 aromatic heterocycles. The highest BCUT2D eigenvalue weighted by Crippen LogP contribution is 2.51. The lowest BCUT2D eigenvalue weighted by molar-refractivity contribution is -0.139. The number of likely N-dealkylation sites (tertiary alicyclic amines) is 1. The zero-order chi connectivity index (χ0) is 20.8. The van der Waals surface area contributed by atoms with Crippen molar-refractivity contribution in [1.82, 2.24) is 14.5 Å².